The number of benzene rings is 1. The number of carbonyl (C=O) groups is 1. The molecular formula is C19H27ClN2O4S. The van der Waals surface area contributed by atoms with Crippen LogP contribution >= 0.6 is 11.6 Å². The van der Waals surface area contributed by atoms with Crippen molar-refractivity contribution in [3.63, 3.8) is 0 Å². The highest BCUT2D eigenvalue weighted by Gasteiger charge is 2.31. The number of anilines is 1. The molecule has 1 N–H and O–H groups in total. The lowest BCUT2D eigenvalue weighted by molar-refractivity contribution is -0.121. The standard InChI is InChI=1S/C19H27ClN2O4S/c1-14(19(23)21-12-11-15-7-5-4-6-8-15)22(27(3,24)25)17-13-16(20)9-10-18(17)26-2/h7,9-10,13-14H,4-6,8,11-12H2,1-3H3,(H,21,23)/t14-/m0/s1. The highest BCUT2D eigenvalue weighted by molar-refractivity contribution is 7.92. The minimum atomic E-state index is -3.73. The van der Waals surface area contributed by atoms with Crippen molar-refractivity contribution in [2.45, 2.75) is 45.1 Å². The summed E-state index contributed by atoms with van der Waals surface area (Å²) in [4.78, 5) is 12.6. The lowest BCUT2D eigenvalue weighted by atomic mass is 9.97. The number of amides is 1. The van der Waals surface area contributed by atoms with E-state index in [2.05, 4.69) is 11.4 Å². The van der Waals surface area contributed by atoms with E-state index in [4.69, 9.17) is 16.3 Å². The van der Waals surface area contributed by atoms with Gasteiger partial charge in [-0.2, -0.15) is 0 Å². The summed E-state index contributed by atoms with van der Waals surface area (Å²) in [6.45, 7) is 2.04. The maximum atomic E-state index is 12.6. The number of allylic oxidation sites excluding steroid dienone is 1. The van der Waals surface area contributed by atoms with E-state index < -0.39 is 16.1 Å². The van der Waals surface area contributed by atoms with Crippen molar-refractivity contribution in [2.75, 3.05) is 24.2 Å². The summed E-state index contributed by atoms with van der Waals surface area (Å²) < 4.78 is 31.1. The Hall–Kier alpha value is -1.73. The number of rotatable bonds is 8. The number of halogens is 1. The van der Waals surface area contributed by atoms with Crippen LogP contribution in [-0.4, -0.2) is 40.3 Å². The maximum Gasteiger partial charge on any atom is 0.243 e. The van der Waals surface area contributed by atoms with Crippen molar-refractivity contribution in [1.29, 1.82) is 0 Å². The SMILES string of the molecule is COc1ccc(Cl)cc1N([C@@H](C)C(=O)NCCC1=CCCCC1)S(C)(=O)=O. The molecule has 0 radical (unpaired) electrons. The Morgan fingerprint density at radius 3 is 2.70 bits per heavy atom. The Balaban J connectivity index is 2.15. The van der Waals surface area contributed by atoms with Crippen LogP contribution < -0.4 is 14.4 Å². The molecule has 150 valence electrons. The third kappa shape index (κ3) is 5.87. The summed E-state index contributed by atoms with van der Waals surface area (Å²) in [6, 6.07) is 3.73. The molecule has 0 heterocycles. The number of ether oxygens (including phenoxy) is 1. The van der Waals surface area contributed by atoms with Gasteiger partial charge in [-0.3, -0.25) is 9.10 Å². The van der Waals surface area contributed by atoms with Crippen LogP contribution in [0.2, 0.25) is 5.02 Å². The summed E-state index contributed by atoms with van der Waals surface area (Å²) in [7, 11) is -2.29. The van der Waals surface area contributed by atoms with Crippen LogP contribution in [0.15, 0.2) is 29.8 Å². The Labute approximate surface area is 166 Å². The molecule has 27 heavy (non-hydrogen) atoms. The monoisotopic (exact) mass is 414 g/mol. The van der Waals surface area contributed by atoms with Gasteiger partial charge in [-0.1, -0.05) is 23.3 Å². The van der Waals surface area contributed by atoms with Gasteiger partial charge in [0.1, 0.15) is 11.8 Å². The van der Waals surface area contributed by atoms with Crippen LogP contribution in [0.3, 0.4) is 0 Å². The van der Waals surface area contributed by atoms with Gasteiger partial charge in [-0.05, 0) is 57.2 Å². The van der Waals surface area contributed by atoms with Gasteiger partial charge in [0.05, 0.1) is 19.1 Å². The first-order chi connectivity index (χ1) is 12.7. The van der Waals surface area contributed by atoms with E-state index in [0.717, 1.165) is 29.8 Å². The topological polar surface area (TPSA) is 75.7 Å². The first kappa shape index (κ1) is 21.6. The van der Waals surface area contributed by atoms with Gasteiger partial charge in [0.25, 0.3) is 0 Å². The molecule has 8 heteroatoms. The Kier molecular flexibility index (Phi) is 7.56. The van der Waals surface area contributed by atoms with Crippen molar-refractivity contribution in [3.05, 3.63) is 34.9 Å². The number of methoxy groups -OCH3 is 1. The van der Waals surface area contributed by atoms with Crippen molar-refractivity contribution < 1.29 is 17.9 Å². The molecule has 0 fully saturated rings. The van der Waals surface area contributed by atoms with E-state index in [1.54, 1.807) is 19.1 Å². The normalized spacial score (nSPS) is 15.6. The van der Waals surface area contributed by atoms with Crippen LogP contribution in [0.5, 0.6) is 5.75 Å². The number of carbonyl (C=O) groups excluding carboxylic acids is 1. The number of nitrogens with zero attached hydrogens (tertiary/aromatic N) is 1. The molecule has 0 saturated carbocycles. The Bertz CT molecular complexity index is 808. The summed E-state index contributed by atoms with van der Waals surface area (Å²) in [5.41, 5.74) is 1.59. The second-order valence-corrected chi connectivity index (χ2v) is 9.00. The third-order valence-electron chi connectivity index (χ3n) is 4.60. The zero-order valence-corrected chi connectivity index (χ0v) is 17.6. The molecule has 2 rings (SSSR count). The van der Waals surface area contributed by atoms with Gasteiger partial charge in [-0.25, -0.2) is 8.42 Å². The average Bonchev–Trinajstić information content (AvgIpc) is 2.61. The fourth-order valence-electron chi connectivity index (χ4n) is 3.24. The minimum absolute atomic E-state index is 0.241. The van der Waals surface area contributed by atoms with Gasteiger partial charge in [0, 0.05) is 11.6 Å². The van der Waals surface area contributed by atoms with E-state index >= 15 is 0 Å². The van der Waals surface area contributed by atoms with Crippen LogP contribution in [0.1, 0.15) is 39.0 Å². The smallest absolute Gasteiger partial charge is 0.243 e. The van der Waals surface area contributed by atoms with Gasteiger partial charge in [0.2, 0.25) is 15.9 Å². The fraction of sp³-hybridized carbons (Fsp3) is 0.526. The first-order valence-electron chi connectivity index (χ1n) is 9.02. The minimum Gasteiger partial charge on any atom is -0.495 e. The summed E-state index contributed by atoms with van der Waals surface area (Å²) in [5, 5.41) is 3.20. The lowest BCUT2D eigenvalue weighted by Crippen LogP contribution is -2.48. The second-order valence-electron chi connectivity index (χ2n) is 6.70. The molecule has 1 aliphatic carbocycles. The van der Waals surface area contributed by atoms with Crippen molar-refractivity contribution in [2.24, 2.45) is 0 Å². The Morgan fingerprint density at radius 1 is 1.37 bits per heavy atom. The number of hydrogen-bond acceptors (Lipinski definition) is 4. The molecule has 0 saturated heterocycles. The van der Waals surface area contributed by atoms with Crippen LogP contribution in [0.25, 0.3) is 0 Å². The predicted octanol–water partition coefficient (Wildman–Crippen LogP) is 3.51. The molecule has 1 aliphatic rings. The zero-order valence-electron chi connectivity index (χ0n) is 16.0. The largest absolute Gasteiger partial charge is 0.495 e. The number of nitrogens with one attached hydrogen (secondary N) is 1. The van der Waals surface area contributed by atoms with E-state index in [0.29, 0.717) is 17.3 Å². The quantitative estimate of drug-likeness (QED) is 0.660. The highest BCUT2D eigenvalue weighted by atomic mass is 35.5. The maximum absolute atomic E-state index is 12.6. The summed E-state index contributed by atoms with van der Waals surface area (Å²) in [6.07, 6.45) is 8.65. The summed E-state index contributed by atoms with van der Waals surface area (Å²) in [5.74, 6) is -0.0318. The molecular weight excluding hydrogens is 388 g/mol. The zero-order chi connectivity index (χ0) is 20.0. The average molecular weight is 415 g/mol. The predicted molar refractivity (Wildman–Crippen MR) is 109 cm³/mol. The van der Waals surface area contributed by atoms with Crippen molar-refractivity contribution >= 4 is 33.2 Å². The molecule has 1 aromatic rings. The fourth-order valence-corrected chi connectivity index (χ4v) is 4.58. The van der Waals surface area contributed by atoms with Gasteiger partial charge < -0.3 is 10.1 Å². The van der Waals surface area contributed by atoms with E-state index in [-0.39, 0.29) is 11.6 Å². The van der Waals surface area contributed by atoms with Crippen LogP contribution in [0, 0.1) is 0 Å². The van der Waals surface area contributed by atoms with Gasteiger partial charge in [-0.15, -0.1) is 0 Å². The first-order valence-corrected chi connectivity index (χ1v) is 11.2. The highest BCUT2D eigenvalue weighted by Crippen LogP contribution is 2.34. The molecule has 0 bridgehead atoms. The molecule has 0 spiro atoms. The van der Waals surface area contributed by atoms with E-state index in [1.165, 1.54) is 31.6 Å². The van der Waals surface area contributed by atoms with Crippen LogP contribution in [-0.2, 0) is 14.8 Å². The summed E-state index contributed by atoms with van der Waals surface area (Å²) >= 11 is 6.04. The lowest BCUT2D eigenvalue weighted by Gasteiger charge is -2.29. The van der Waals surface area contributed by atoms with Crippen molar-refractivity contribution in [3.8, 4) is 5.75 Å². The van der Waals surface area contributed by atoms with Gasteiger partial charge in [0.15, 0.2) is 0 Å². The molecule has 1 amide bonds. The number of sulfonamides is 1. The van der Waals surface area contributed by atoms with E-state index in [1.807, 2.05) is 0 Å². The van der Waals surface area contributed by atoms with Crippen molar-refractivity contribution in [1.82, 2.24) is 5.32 Å². The molecule has 0 aromatic heterocycles. The third-order valence-corrected chi connectivity index (χ3v) is 6.06. The van der Waals surface area contributed by atoms with E-state index in [9.17, 15) is 13.2 Å². The number of hydrogen-bond donors (Lipinski definition) is 1. The molecule has 6 nitrogen and oxygen atoms in total. The molecule has 1 aromatic carbocycles. The second kappa shape index (κ2) is 9.46. The molecule has 0 unspecified atom stereocenters. The molecule has 0 aliphatic heterocycles. The Morgan fingerprint density at radius 2 is 2.11 bits per heavy atom. The molecule has 1 atom stereocenters. The van der Waals surface area contributed by atoms with Crippen LogP contribution in [0.4, 0.5) is 5.69 Å². The van der Waals surface area contributed by atoms with Gasteiger partial charge >= 0.3 is 0 Å².